The highest BCUT2D eigenvalue weighted by Crippen LogP contribution is 2.33. The molecule has 4 heteroatoms. The largest absolute Gasteiger partial charge is 0.465 e. The van der Waals surface area contributed by atoms with E-state index in [4.69, 9.17) is 4.74 Å². The number of pyridine rings is 1. The Bertz CT molecular complexity index is 725. The predicted molar refractivity (Wildman–Crippen MR) is 90.5 cm³/mol. The molecule has 2 aromatic rings. The summed E-state index contributed by atoms with van der Waals surface area (Å²) in [6, 6.07) is 10.3. The fraction of sp³-hybridized carbons (Fsp3) is 0.316. The molecule has 0 saturated carbocycles. The molecule has 0 aliphatic heterocycles. The van der Waals surface area contributed by atoms with Crippen LogP contribution < -0.4 is 0 Å². The average Bonchev–Trinajstić information content (AvgIpc) is 2.61. The highest BCUT2D eigenvalue weighted by Gasteiger charge is 2.18. The lowest BCUT2D eigenvalue weighted by molar-refractivity contribution is 0.0601. The minimum absolute atomic E-state index is 0.387. The van der Waals surface area contributed by atoms with E-state index in [9.17, 15) is 4.79 Å². The van der Waals surface area contributed by atoms with Gasteiger partial charge in [-0.15, -0.1) is 0 Å². The van der Waals surface area contributed by atoms with Crippen LogP contribution in [0.1, 0.15) is 46.7 Å². The summed E-state index contributed by atoms with van der Waals surface area (Å²) in [4.78, 5) is 20.2. The molecule has 1 aromatic carbocycles. The van der Waals surface area contributed by atoms with Crippen LogP contribution in [0.5, 0.6) is 0 Å². The Morgan fingerprint density at radius 3 is 3.13 bits per heavy atom. The van der Waals surface area contributed by atoms with Crippen LogP contribution in [0.4, 0.5) is 5.69 Å². The molecule has 0 bridgehead atoms. The molecule has 0 fully saturated rings. The van der Waals surface area contributed by atoms with Crippen LogP contribution in [0.2, 0.25) is 0 Å². The summed E-state index contributed by atoms with van der Waals surface area (Å²) in [7, 11) is 1.37. The third-order valence-electron chi connectivity index (χ3n) is 4.32. The molecule has 1 atom stereocenters. The number of aryl methyl sites for hydroxylation is 1. The minimum Gasteiger partial charge on any atom is -0.465 e. The summed E-state index contributed by atoms with van der Waals surface area (Å²) in [6.07, 6.45) is 9.50. The Balaban J connectivity index is 1.75. The zero-order chi connectivity index (χ0) is 16.1. The topological polar surface area (TPSA) is 51.5 Å². The first-order chi connectivity index (χ1) is 11.3. The lowest BCUT2D eigenvalue weighted by Crippen LogP contribution is -2.10. The molecule has 0 radical (unpaired) electrons. The molecule has 118 valence electrons. The highest BCUT2D eigenvalue weighted by atomic mass is 16.5. The molecule has 3 rings (SSSR count). The predicted octanol–water partition coefficient (Wildman–Crippen LogP) is 4.08. The van der Waals surface area contributed by atoms with Crippen molar-refractivity contribution >= 4 is 17.9 Å². The second-order valence-corrected chi connectivity index (χ2v) is 5.72. The van der Waals surface area contributed by atoms with Crippen LogP contribution >= 0.6 is 0 Å². The van der Waals surface area contributed by atoms with Gasteiger partial charge >= 0.3 is 5.97 Å². The van der Waals surface area contributed by atoms with E-state index in [1.807, 2.05) is 6.21 Å². The van der Waals surface area contributed by atoms with E-state index < -0.39 is 0 Å². The highest BCUT2D eigenvalue weighted by molar-refractivity contribution is 5.95. The molecule has 1 aliphatic carbocycles. The van der Waals surface area contributed by atoms with Crippen molar-refractivity contribution in [2.45, 2.75) is 31.6 Å². The number of aliphatic imine (C=N–C) groups is 1. The van der Waals surface area contributed by atoms with Crippen molar-refractivity contribution in [1.29, 1.82) is 0 Å². The number of methoxy groups -OCH3 is 1. The first-order valence-electron chi connectivity index (χ1n) is 7.92. The van der Waals surface area contributed by atoms with Gasteiger partial charge in [0.15, 0.2) is 0 Å². The van der Waals surface area contributed by atoms with Gasteiger partial charge in [-0.25, -0.2) is 4.79 Å². The minimum atomic E-state index is -0.387. The van der Waals surface area contributed by atoms with Crippen molar-refractivity contribution in [1.82, 2.24) is 4.98 Å². The molecule has 0 N–H and O–H groups in total. The van der Waals surface area contributed by atoms with Crippen LogP contribution in [0, 0.1) is 0 Å². The number of rotatable bonds is 4. The van der Waals surface area contributed by atoms with E-state index >= 15 is 0 Å². The van der Waals surface area contributed by atoms with Crippen LogP contribution in [0.15, 0.2) is 47.7 Å². The van der Waals surface area contributed by atoms with E-state index in [0.717, 1.165) is 6.42 Å². The van der Waals surface area contributed by atoms with Crippen molar-refractivity contribution in [3.8, 4) is 0 Å². The third kappa shape index (κ3) is 3.47. The maximum Gasteiger partial charge on any atom is 0.340 e. The number of aromatic nitrogens is 1. The summed E-state index contributed by atoms with van der Waals surface area (Å²) >= 11 is 0. The summed E-state index contributed by atoms with van der Waals surface area (Å²) < 4.78 is 4.78. The van der Waals surface area contributed by atoms with Crippen molar-refractivity contribution < 1.29 is 9.53 Å². The van der Waals surface area contributed by atoms with E-state index in [2.05, 4.69) is 34.2 Å². The number of fused-ring (bicyclic) bond motifs is 1. The SMILES string of the molecule is COC(=O)c1ccncc1N=CCC1CCCc2ccccc21. The Morgan fingerprint density at radius 1 is 1.39 bits per heavy atom. The summed E-state index contributed by atoms with van der Waals surface area (Å²) in [5.74, 6) is 0.115. The summed E-state index contributed by atoms with van der Waals surface area (Å²) in [5.41, 5.74) is 3.89. The van der Waals surface area contributed by atoms with Crippen molar-refractivity contribution in [3.05, 3.63) is 59.4 Å². The van der Waals surface area contributed by atoms with Gasteiger partial charge in [0.1, 0.15) is 0 Å². The maximum atomic E-state index is 11.7. The van der Waals surface area contributed by atoms with Crippen LogP contribution in [-0.2, 0) is 11.2 Å². The standard InChI is InChI=1S/C19H20N2O2/c1-23-19(22)17-10-11-20-13-18(17)21-12-9-15-7-4-6-14-5-2-3-8-16(14)15/h2-3,5,8,10-13,15H,4,6-7,9H2,1H3. The van der Waals surface area contributed by atoms with E-state index in [0.29, 0.717) is 17.2 Å². The van der Waals surface area contributed by atoms with Gasteiger partial charge in [0.2, 0.25) is 0 Å². The molecule has 4 nitrogen and oxygen atoms in total. The zero-order valence-electron chi connectivity index (χ0n) is 13.2. The van der Waals surface area contributed by atoms with Gasteiger partial charge < -0.3 is 4.74 Å². The number of ether oxygens (including phenoxy) is 1. The zero-order valence-corrected chi connectivity index (χ0v) is 13.2. The van der Waals surface area contributed by atoms with Gasteiger partial charge in [0, 0.05) is 12.4 Å². The third-order valence-corrected chi connectivity index (χ3v) is 4.32. The second-order valence-electron chi connectivity index (χ2n) is 5.72. The lowest BCUT2D eigenvalue weighted by Gasteiger charge is -2.24. The quantitative estimate of drug-likeness (QED) is 0.631. The molecule has 1 aliphatic rings. The van der Waals surface area contributed by atoms with Crippen molar-refractivity contribution in [3.63, 3.8) is 0 Å². The molecule has 0 saturated heterocycles. The number of benzene rings is 1. The first kappa shape index (κ1) is 15.4. The van der Waals surface area contributed by atoms with Gasteiger partial charge in [-0.3, -0.25) is 9.98 Å². The fourth-order valence-electron chi connectivity index (χ4n) is 3.15. The Kier molecular flexibility index (Phi) is 4.81. The molecular formula is C19H20N2O2. The number of hydrogen-bond acceptors (Lipinski definition) is 4. The van der Waals surface area contributed by atoms with Crippen LogP contribution in [0.25, 0.3) is 0 Å². The molecule has 1 unspecified atom stereocenters. The molecule has 0 spiro atoms. The Labute approximate surface area is 136 Å². The lowest BCUT2D eigenvalue weighted by atomic mass is 9.81. The summed E-state index contributed by atoms with van der Waals surface area (Å²) in [6.45, 7) is 0. The number of nitrogens with zero attached hydrogens (tertiary/aromatic N) is 2. The van der Waals surface area contributed by atoms with E-state index in [-0.39, 0.29) is 5.97 Å². The molecular weight excluding hydrogens is 288 g/mol. The number of carbonyl (C=O) groups excluding carboxylic acids is 1. The monoisotopic (exact) mass is 308 g/mol. The van der Waals surface area contributed by atoms with E-state index in [1.165, 1.54) is 37.5 Å². The molecule has 0 amide bonds. The van der Waals surface area contributed by atoms with Gasteiger partial charge in [-0.05, 0) is 48.8 Å². The van der Waals surface area contributed by atoms with Crippen LogP contribution in [-0.4, -0.2) is 24.3 Å². The Hall–Kier alpha value is -2.49. The number of esters is 1. The smallest absolute Gasteiger partial charge is 0.340 e. The fourth-order valence-corrected chi connectivity index (χ4v) is 3.15. The maximum absolute atomic E-state index is 11.7. The Morgan fingerprint density at radius 2 is 2.26 bits per heavy atom. The molecule has 23 heavy (non-hydrogen) atoms. The second kappa shape index (κ2) is 7.18. The number of carbonyl (C=O) groups is 1. The number of hydrogen-bond donors (Lipinski definition) is 0. The van der Waals surface area contributed by atoms with Gasteiger partial charge in [0.05, 0.1) is 24.6 Å². The average molecular weight is 308 g/mol. The van der Waals surface area contributed by atoms with Gasteiger partial charge in [-0.1, -0.05) is 24.3 Å². The van der Waals surface area contributed by atoms with Crippen molar-refractivity contribution in [2.75, 3.05) is 7.11 Å². The molecule has 1 heterocycles. The van der Waals surface area contributed by atoms with Crippen molar-refractivity contribution in [2.24, 2.45) is 4.99 Å². The normalized spacial score (nSPS) is 17.0. The van der Waals surface area contributed by atoms with Crippen LogP contribution in [0.3, 0.4) is 0 Å². The van der Waals surface area contributed by atoms with Gasteiger partial charge in [0.25, 0.3) is 0 Å². The van der Waals surface area contributed by atoms with Gasteiger partial charge in [-0.2, -0.15) is 0 Å². The summed E-state index contributed by atoms with van der Waals surface area (Å²) in [5, 5.41) is 0. The van der Waals surface area contributed by atoms with E-state index in [1.54, 1.807) is 18.5 Å². The first-order valence-corrected chi connectivity index (χ1v) is 7.92. The molecule has 1 aromatic heterocycles.